The lowest BCUT2D eigenvalue weighted by molar-refractivity contribution is 0.397. The highest BCUT2D eigenvalue weighted by Crippen LogP contribution is 2.12. The van der Waals surface area contributed by atoms with E-state index < -0.39 is 0 Å². The molecule has 0 saturated carbocycles. The number of aromatic amines is 1. The van der Waals surface area contributed by atoms with Crippen LogP contribution in [0.1, 0.15) is 24.0 Å². The number of hydrogen-bond donors (Lipinski definition) is 1. The molecule has 0 bridgehead atoms. The van der Waals surface area contributed by atoms with Crippen molar-refractivity contribution in [3.05, 3.63) is 50.2 Å². The molecular weight excluding hydrogens is 310 g/mol. The van der Waals surface area contributed by atoms with E-state index in [2.05, 4.69) is 30.9 Å². The number of aryl methyl sites for hydroxylation is 1. The van der Waals surface area contributed by atoms with Crippen LogP contribution >= 0.6 is 15.9 Å². The molecule has 0 amide bonds. The van der Waals surface area contributed by atoms with Crippen molar-refractivity contribution in [2.45, 2.75) is 19.8 Å². The molecule has 0 saturated heterocycles. The van der Waals surface area contributed by atoms with Gasteiger partial charge in [-0.15, -0.1) is 0 Å². The van der Waals surface area contributed by atoms with E-state index in [0.717, 1.165) is 11.3 Å². The van der Waals surface area contributed by atoms with Crippen LogP contribution in [0.5, 0.6) is 5.88 Å². The summed E-state index contributed by atoms with van der Waals surface area (Å²) in [5, 5.41) is 0. The van der Waals surface area contributed by atoms with Gasteiger partial charge in [0, 0.05) is 18.7 Å². The first-order valence-corrected chi connectivity index (χ1v) is 6.69. The van der Waals surface area contributed by atoms with E-state index >= 15 is 0 Å². The van der Waals surface area contributed by atoms with Gasteiger partial charge in [0.2, 0.25) is 5.88 Å². The van der Waals surface area contributed by atoms with E-state index in [-0.39, 0.29) is 5.56 Å². The van der Waals surface area contributed by atoms with Crippen LogP contribution in [0.3, 0.4) is 0 Å². The van der Waals surface area contributed by atoms with Crippen LogP contribution in [0.25, 0.3) is 0 Å². The van der Waals surface area contributed by atoms with Gasteiger partial charge in [-0.1, -0.05) is 13.0 Å². The molecule has 0 aliphatic heterocycles. The molecule has 0 aliphatic carbocycles. The van der Waals surface area contributed by atoms with Crippen LogP contribution in [0, 0.1) is 0 Å². The van der Waals surface area contributed by atoms with Crippen molar-refractivity contribution in [3.63, 3.8) is 0 Å². The average molecular weight is 324 g/mol. The molecule has 100 valence electrons. The Labute approximate surface area is 119 Å². The Hall–Kier alpha value is -1.69. The monoisotopic (exact) mass is 323 g/mol. The molecule has 2 aromatic heterocycles. The van der Waals surface area contributed by atoms with Gasteiger partial charge >= 0.3 is 0 Å². The summed E-state index contributed by atoms with van der Waals surface area (Å²) in [6, 6.07) is 3.69. The Kier molecular flexibility index (Phi) is 4.31. The van der Waals surface area contributed by atoms with Crippen molar-refractivity contribution in [1.82, 2.24) is 15.0 Å². The number of hydrogen-bond acceptors (Lipinski definition) is 4. The molecule has 0 radical (unpaired) electrons. The number of nitrogens with zero attached hydrogens (tertiary/aromatic N) is 2. The van der Waals surface area contributed by atoms with Crippen molar-refractivity contribution >= 4 is 15.9 Å². The second-order valence-corrected chi connectivity index (χ2v) is 4.81. The van der Waals surface area contributed by atoms with Crippen LogP contribution in [0.4, 0.5) is 0 Å². The normalized spacial score (nSPS) is 10.5. The van der Waals surface area contributed by atoms with Gasteiger partial charge in [0.05, 0.1) is 12.8 Å². The largest absolute Gasteiger partial charge is 0.481 e. The van der Waals surface area contributed by atoms with Gasteiger partial charge in [-0.3, -0.25) is 4.79 Å². The Morgan fingerprint density at radius 1 is 1.42 bits per heavy atom. The third-order valence-electron chi connectivity index (χ3n) is 2.69. The predicted molar refractivity (Wildman–Crippen MR) is 75.5 cm³/mol. The van der Waals surface area contributed by atoms with E-state index in [9.17, 15) is 4.79 Å². The molecular formula is C13H14BrN3O2. The molecule has 0 atom stereocenters. The maximum Gasteiger partial charge on any atom is 0.265 e. The van der Waals surface area contributed by atoms with E-state index in [0.29, 0.717) is 29.0 Å². The van der Waals surface area contributed by atoms with Crippen molar-refractivity contribution in [3.8, 4) is 5.88 Å². The number of H-pyrrole nitrogens is 1. The summed E-state index contributed by atoms with van der Waals surface area (Å²) >= 11 is 3.24. The van der Waals surface area contributed by atoms with Crippen LogP contribution in [-0.4, -0.2) is 22.1 Å². The second kappa shape index (κ2) is 5.97. The molecule has 0 aromatic carbocycles. The van der Waals surface area contributed by atoms with E-state index in [4.69, 9.17) is 4.74 Å². The standard InChI is InChI=1S/C13H14BrN3O2/c1-3-9-12(14)13(18)17-10(16-9)6-8-4-5-11(19-2)15-7-8/h4-5,7H,3,6H2,1-2H3,(H,16,17,18). The SMILES string of the molecule is CCc1nc(Cc2ccc(OC)nc2)[nH]c(=O)c1Br. The third kappa shape index (κ3) is 3.20. The molecule has 0 aliphatic rings. The number of pyridine rings is 1. The first kappa shape index (κ1) is 13.7. The van der Waals surface area contributed by atoms with Crippen LogP contribution in [-0.2, 0) is 12.8 Å². The minimum Gasteiger partial charge on any atom is -0.481 e. The van der Waals surface area contributed by atoms with Crippen LogP contribution < -0.4 is 10.3 Å². The highest BCUT2D eigenvalue weighted by molar-refractivity contribution is 9.10. The lowest BCUT2D eigenvalue weighted by Crippen LogP contribution is -2.15. The first-order valence-electron chi connectivity index (χ1n) is 5.90. The second-order valence-electron chi connectivity index (χ2n) is 4.01. The minimum atomic E-state index is -0.150. The summed E-state index contributed by atoms with van der Waals surface area (Å²) in [6.45, 7) is 1.96. The summed E-state index contributed by atoms with van der Waals surface area (Å²) in [5.41, 5.74) is 1.58. The maximum absolute atomic E-state index is 11.7. The number of halogens is 1. The zero-order valence-electron chi connectivity index (χ0n) is 10.7. The van der Waals surface area contributed by atoms with Crippen molar-refractivity contribution in [2.24, 2.45) is 0 Å². The summed E-state index contributed by atoms with van der Waals surface area (Å²) in [6.07, 6.45) is 2.96. The summed E-state index contributed by atoms with van der Waals surface area (Å²) in [5.74, 6) is 1.20. The molecule has 5 nitrogen and oxygen atoms in total. The van der Waals surface area contributed by atoms with Crippen molar-refractivity contribution < 1.29 is 4.74 Å². The number of aromatic nitrogens is 3. The van der Waals surface area contributed by atoms with Crippen molar-refractivity contribution in [2.75, 3.05) is 7.11 Å². The first-order chi connectivity index (χ1) is 9.13. The molecule has 2 heterocycles. The van der Waals surface area contributed by atoms with E-state index in [1.54, 1.807) is 19.4 Å². The number of methoxy groups -OCH3 is 1. The van der Waals surface area contributed by atoms with Gasteiger partial charge < -0.3 is 9.72 Å². The lowest BCUT2D eigenvalue weighted by atomic mass is 10.2. The van der Waals surface area contributed by atoms with Gasteiger partial charge in [0.25, 0.3) is 5.56 Å². The fourth-order valence-electron chi connectivity index (χ4n) is 1.70. The average Bonchev–Trinajstić information content (AvgIpc) is 2.43. The predicted octanol–water partition coefficient (Wildman–Crippen LogP) is 2.09. The maximum atomic E-state index is 11.7. The van der Waals surface area contributed by atoms with E-state index in [1.807, 2.05) is 13.0 Å². The molecule has 0 unspecified atom stereocenters. The molecule has 1 N–H and O–H groups in total. The fraction of sp³-hybridized carbons (Fsp3) is 0.308. The number of nitrogens with one attached hydrogen (secondary N) is 1. The van der Waals surface area contributed by atoms with Crippen LogP contribution in [0.2, 0.25) is 0 Å². The summed E-state index contributed by atoms with van der Waals surface area (Å²) < 4.78 is 5.51. The fourth-order valence-corrected chi connectivity index (χ4v) is 2.17. The number of ether oxygens (including phenoxy) is 1. The lowest BCUT2D eigenvalue weighted by Gasteiger charge is -2.05. The number of rotatable bonds is 4. The highest BCUT2D eigenvalue weighted by atomic mass is 79.9. The quantitative estimate of drug-likeness (QED) is 0.935. The molecule has 19 heavy (non-hydrogen) atoms. The molecule has 6 heteroatoms. The molecule has 2 aromatic rings. The summed E-state index contributed by atoms with van der Waals surface area (Å²) in [7, 11) is 1.57. The zero-order chi connectivity index (χ0) is 13.8. The Bertz CT molecular complexity index is 623. The van der Waals surface area contributed by atoms with Gasteiger partial charge in [-0.25, -0.2) is 9.97 Å². The van der Waals surface area contributed by atoms with Gasteiger partial charge in [0.15, 0.2) is 0 Å². The highest BCUT2D eigenvalue weighted by Gasteiger charge is 2.08. The molecule has 0 fully saturated rings. The summed E-state index contributed by atoms with van der Waals surface area (Å²) in [4.78, 5) is 23.0. The molecule has 0 spiro atoms. The Morgan fingerprint density at radius 2 is 2.21 bits per heavy atom. The topological polar surface area (TPSA) is 67.9 Å². The van der Waals surface area contributed by atoms with Gasteiger partial charge in [-0.2, -0.15) is 0 Å². The Morgan fingerprint density at radius 3 is 2.79 bits per heavy atom. The smallest absolute Gasteiger partial charge is 0.265 e. The van der Waals surface area contributed by atoms with E-state index in [1.165, 1.54) is 0 Å². The van der Waals surface area contributed by atoms with Gasteiger partial charge in [0.1, 0.15) is 10.3 Å². The molecule has 2 rings (SSSR count). The van der Waals surface area contributed by atoms with Crippen molar-refractivity contribution in [1.29, 1.82) is 0 Å². The van der Waals surface area contributed by atoms with Gasteiger partial charge in [-0.05, 0) is 27.9 Å². The van der Waals surface area contributed by atoms with Crippen LogP contribution in [0.15, 0.2) is 27.6 Å². The zero-order valence-corrected chi connectivity index (χ0v) is 12.3. The minimum absolute atomic E-state index is 0.150. The Balaban J connectivity index is 2.27. The third-order valence-corrected chi connectivity index (χ3v) is 3.51.